The van der Waals surface area contributed by atoms with Crippen LogP contribution in [0.25, 0.3) is 0 Å². The van der Waals surface area contributed by atoms with Gasteiger partial charge in [-0.1, -0.05) is 41.4 Å². The average Bonchev–Trinajstić information content (AvgIpc) is 2.51. The van der Waals surface area contributed by atoms with Gasteiger partial charge in [-0.2, -0.15) is 0 Å². The average molecular weight is 318 g/mol. The van der Waals surface area contributed by atoms with Crippen LogP contribution < -0.4 is 4.74 Å². The molecule has 0 N–H and O–H groups in total. The monoisotopic (exact) mass is 317 g/mol. The van der Waals surface area contributed by atoms with Crippen LogP contribution in [0.3, 0.4) is 0 Å². The first-order valence-electron chi connectivity index (χ1n) is 7.22. The van der Waals surface area contributed by atoms with Crippen molar-refractivity contribution in [3.05, 3.63) is 64.7 Å². The third-order valence-electron chi connectivity index (χ3n) is 3.36. The SMILES string of the molecule is Cc1ccc(OCCC(=O)N(C)Cc2ccc(Cl)cc2)cc1. The molecule has 2 aromatic rings. The molecule has 0 bridgehead atoms. The van der Waals surface area contributed by atoms with E-state index >= 15 is 0 Å². The summed E-state index contributed by atoms with van der Waals surface area (Å²) in [4.78, 5) is 13.8. The zero-order valence-corrected chi connectivity index (χ0v) is 13.6. The van der Waals surface area contributed by atoms with Crippen molar-refractivity contribution >= 4 is 17.5 Å². The van der Waals surface area contributed by atoms with Gasteiger partial charge in [-0.15, -0.1) is 0 Å². The minimum Gasteiger partial charge on any atom is -0.493 e. The number of ether oxygens (including phenoxy) is 1. The van der Waals surface area contributed by atoms with Crippen molar-refractivity contribution in [2.45, 2.75) is 19.9 Å². The maximum absolute atomic E-state index is 12.1. The van der Waals surface area contributed by atoms with Crippen LogP contribution in [-0.2, 0) is 11.3 Å². The predicted molar refractivity (Wildman–Crippen MR) is 89.2 cm³/mol. The van der Waals surface area contributed by atoms with E-state index in [4.69, 9.17) is 16.3 Å². The molecule has 0 saturated carbocycles. The Kier molecular flexibility index (Phi) is 5.84. The van der Waals surface area contributed by atoms with Gasteiger partial charge in [0, 0.05) is 18.6 Å². The minimum absolute atomic E-state index is 0.0575. The lowest BCUT2D eigenvalue weighted by Gasteiger charge is -2.17. The first-order valence-corrected chi connectivity index (χ1v) is 7.60. The fourth-order valence-corrected chi connectivity index (χ4v) is 2.16. The van der Waals surface area contributed by atoms with Crippen molar-refractivity contribution in [3.63, 3.8) is 0 Å². The van der Waals surface area contributed by atoms with Gasteiger partial charge in [0.1, 0.15) is 5.75 Å². The fraction of sp³-hybridized carbons (Fsp3) is 0.278. The topological polar surface area (TPSA) is 29.5 Å². The van der Waals surface area contributed by atoms with Crippen LogP contribution in [-0.4, -0.2) is 24.5 Å². The van der Waals surface area contributed by atoms with E-state index < -0.39 is 0 Å². The Morgan fingerprint density at radius 1 is 1.09 bits per heavy atom. The number of hydrogen-bond donors (Lipinski definition) is 0. The molecule has 0 aliphatic heterocycles. The summed E-state index contributed by atoms with van der Waals surface area (Å²) in [5.74, 6) is 0.848. The lowest BCUT2D eigenvalue weighted by molar-refractivity contribution is -0.130. The highest BCUT2D eigenvalue weighted by atomic mass is 35.5. The second-order valence-corrected chi connectivity index (χ2v) is 5.72. The molecule has 0 saturated heterocycles. The van der Waals surface area contributed by atoms with Gasteiger partial charge in [0.2, 0.25) is 5.91 Å². The quantitative estimate of drug-likeness (QED) is 0.803. The van der Waals surface area contributed by atoms with Crippen LogP contribution in [0.5, 0.6) is 5.75 Å². The highest BCUT2D eigenvalue weighted by Gasteiger charge is 2.09. The molecule has 2 rings (SSSR count). The van der Waals surface area contributed by atoms with Gasteiger partial charge in [-0.3, -0.25) is 4.79 Å². The lowest BCUT2D eigenvalue weighted by atomic mass is 10.2. The normalized spacial score (nSPS) is 10.3. The number of amides is 1. The summed E-state index contributed by atoms with van der Waals surface area (Å²) in [6.07, 6.45) is 0.359. The van der Waals surface area contributed by atoms with Crippen LogP contribution in [0.15, 0.2) is 48.5 Å². The number of nitrogens with zero attached hydrogens (tertiary/aromatic N) is 1. The maximum atomic E-state index is 12.1. The number of rotatable bonds is 6. The van der Waals surface area contributed by atoms with Gasteiger partial charge < -0.3 is 9.64 Å². The Morgan fingerprint density at radius 3 is 2.36 bits per heavy atom. The molecule has 1 amide bonds. The number of benzene rings is 2. The van der Waals surface area contributed by atoms with E-state index in [-0.39, 0.29) is 5.91 Å². The first-order chi connectivity index (χ1) is 10.5. The molecule has 0 radical (unpaired) electrons. The molecular weight excluding hydrogens is 298 g/mol. The molecular formula is C18H20ClNO2. The molecule has 0 unspecified atom stereocenters. The second kappa shape index (κ2) is 7.85. The third-order valence-corrected chi connectivity index (χ3v) is 3.62. The molecule has 0 spiro atoms. The number of hydrogen-bond acceptors (Lipinski definition) is 2. The van der Waals surface area contributed by atoms with Crippen molar-refractivity contribution in [2.24, 2.45) is 0 Å². The Morgan fingerprint density at radius 2 is 1.73 bits per heavy atom. The highest BCUT2D eigenvalue weighted by molar-refractivity contribution is 6.30. The zero-order valence-electron chi connectivity index (χ0n) is 12.9. The summed E-state index contributed by atoms with van der Waals surface area (Å²) in [5, 5.41) is 0.698. The molecule has 0 atom stereocenters. The summed E-state index contributed by atoms with van der Waals surface area (Å²) >= 11 is 5.85. The smallest absolute Gasteiger partial charge is 0.226 e. The summed E-state index contributed by atoms with van der Waals surface area (Å²) < 4.78 is 5.58. The maximum Gasteiger partial charge on any atom is 0.226 e. The van der Waals surface area contributed by atoms with E-state index in [2.05, 4.69) is 0 Å². The van der Waals surface area contributed by atoms with E-state index in [1.807, 2.05) is 55.5 Å². The molecule has 3 nitrogen and oxygen atoms in total. The van der Waals surface area contributed by atoms with Gasteiger partial charge in [-0.05, 0) is 36.8 Å². The van der Waals surface area contributed by atoms with Crippen molar-refractivity contribution in [1.29, 1.82) is 0 Å². The molecule has 0 fully saturated rings. The molecule has 0 aliphatic rings. The molecule has 116 valence electrons. The van der Waals surface area contributed by atoms with Gasteiger partial charge in [0.05, 0.1) is 13.0 Å². The Balaban J connectivity index is 1.76. The van der Waals surface area contributed by atoms with Crippen LogP contribution in [0.2, 0.25) is 5.02 Å². The van der Waals surface area contributed by atoms with E-state index in [0.717, 1.165) is 11.3 Å². The molecule has 22 heavy (non-hydrogen) atoms. The van der Waals surface area contributed by atoms with Crippen LogP contribution in [0, 0.1) is 6.92 Å². The highest BCUT2D eigenvalue weighted by Crippen LogP contribution is 2.13. The summed E-state index contributed by atoms with van der Waals surface area (Å²) in [6.45, 7) is 2.98. The van der Waals surface area contributed by atoms with E-state index in [9.17, 15) is 4.79 Å². The third kappa shape index (κ3) is 5.08. The summed E-state index contributed by atoms with van der Waals surface area (Å²) in [7, 11) is 1.79. The molecule has 0 heterocycles. The number of halogens is 1. The summed E-state index contributed by atoms with van der Waals surface area (Å²) in [6, 6.07) is 15.3. The molecule has 0 aromatic heterocycles. The Hall–Kier alpha value is -2.00. The standard InChI is InChI=1S/C18H20ClNO2/c1-14-3-9-17(10-4-14)22-12-11-18(21)20(2)13-15-5-7-16(19)8-6-15/h3-10H,11-13H2,1-2H3. The van der Waals surface area contributed by atoms with Crippen molar-refractivity contribution < 1.29 is 9.53 Å². The molecule has 2 aromatic carbocycles. The Labute approximate surface area is 136 Å². The van der Waals surface area contributed by atoms with Gasteiger partial charge in [0.15, 0.2) is 0 Å². The second-order valence-electron chi connectivity index (χ2n) is 5.29. The van der Waals surface area contributed by atoms with Gasteiger partial charge in [0.25, 0.3) is 0 Å². The largest absolute Gasteiger partial charge is 0.493 e. The molecule has 4 heteroatoms. The Bertz CT molecular complexity index is 608. The van der Waals surface area contributed by atoms with E-state index in [1.54, 1.807) is 11.9 Å². The number of carbonyl (C=O) groups excluding carboxylic acids is 1. The number of aryl methyl sites for hydroxylation is 1. The van der Waals surface area contributed by atoms with Crippen LogP contribution >= 0.6 is 11.6 Å². The first kappa shape index (κ1) is 16.4. The van der Waals surface area contributed by atoms with Crippen LogP contribution in [0.1, 0.15) is 17.5 Å². The predicted octanol–water partition coefficient (Wildman–Crippen LogP) is 4.08. The van der Waals surface area contributed by atoms with Crippen molar-refractivity contribution in [1.82, 2.24) is 4.90 Å². The zero-order chi connectivity index (χ0) is 15.9. The number of carbonyl (C=O) groups is 1. The lowest BCUT2D eigenvalue weighted by Crippen LogP contribution is -2.27. The van der Waals surface area contributed by atoms with Crippen molar-refractivity contribution in [3.8, 4) is 5.75 Å². The molecule has 0 aliphatic carbocycles. The van der Waals surface area contributed by atoms with Crippen LogP contribution in [0.4, 0.5) is 0 Å². The van der Waals surface area contributed by atoms with Gasteiger partial charge >= 0.3 is 0 Å². The fourth-order valence-electron chi connectivity index (χ4n) is 2.03. The van der Waals surface area contributed by atoms with Crippen molar-refractivity contribution in [2.75, 3.05) is 13.7 Å². The summed E-state index contributed by atoms with van der Waals surface area (Å²) in [5.41, 5.74) is 2.24. The minimum atomic E-state index is 0.0575. The van der Waals surface area contributed by atoms with Gasteiger partial charge in [-0.25, -0.2) is 0 Å². The van der Waals surface area contributed by atoms with E-state index in [1.165, 1.54) is 5.56 Å². The van der Waals surface area contributed by atoms with E-state index in [0.29, 0.717) is 24.6 Å².